The number of aliphatic hydroxyl groups is 1. The third-order valence-corrected chi connectivity index (χ3v) is 6.66. The number of aromatic nitrogens is 4. The summed E-state index contributed by atoms with van der Waals surface area (Å²) < 4.78 is 2.71. The highest BCUT2D eigenvalue weighted by Gasteiger charge is 2.81. The van der Waals surface area contributed by atoms with E-state index in [1.54, 1.807) is 6.33 Å². The Balaban J connectivity index is 1.59. The molecule has 5 nitrogen and oxygen atoms in total. The monoisotopic (exact) mass is 370 g/mol. The molecule has 1 N–H and O–H groups in total. The summed E-state index contributed by atoms with van der Waals surface area (Å²) in [7, 11) is 0. The number of fused-ring (bicyclic) bond motifs is 1. The fraction of sp³-hybridized carbons (Fsp3) is 0.389. The molecule has 0 radical (unpaired) electrons. The lowest BCUT2D eigenvalue weighted by atomic mass is 10.3. The lowest BCUT2D eigenvalue weighted by molar-refractivity contribution is 0.136. The molecule has 1 spiro atoms. The van der Waals surface area contributed by atoms with Crippen LogP contribution in [0.1, 0.15) is 42.2 Å². The first kappa shape index (κ1) is 15.3. The highest BCUT2D eigenvalue weighted by atomic mass is 35.5. The average Bonchev–Trinajstić information content (AvgIpc) is 3.27. The quantitative estimate of drug-likeness (QED) is 0.667. The minimum atomic E-state index is -0.682. The molecule has 2 atom stereocenters. The van der Waals surface area contributed by atoms with Gasteiger partial charge in [-0.25, -0.2) is 15.0 Å². The van der Waals surface area contributed by atoms with Crippen molar-refractivity contribution in [1.29, 1.82) is 0 Å². The van der Waals surface area contributed by atoms with Gasteiger partial charge in [0.25, 0.3) is 0 Å². The molecule has 3 aromatic rings. The smallest absolute Gasteiger partial charge is 0.207 e. The van der Waals surface area contributed by atoms with Crippen molar-refractivity contribution >= 4 is 34.1 Å². The Morgan fingerprint density at radius 2 is 2.12 bits per heavy atom. The molecule has 25 heavy (non-hydrogen) atoms. The van der Waals surface area contributed by atoms with Gasteiger partial charge < -0.3 is 9.67 Å². The van der Waals surface area contributed by atoms with Gasteiger partial charge in [0.2, 0.25) is 5.82 Å². The van der Waals surface area contributed by atoms with Gasteiger partial charge in [0, 0.05) is 5.41 Å². The van der Waals surface area contributed by atoms with E-state index in [2.05, 4.69) is 26.8 Å². The van der Waals surface area contributed by atoms with Crippen LogP contribution in [0.5, 0.6) is 0 Å². The van der Waals surface area contributed by atoms with Gasteiger partial charge in [0.1, 0.15) is 5.52 Å². The minimum absolute atomic E-state index is 0.0129. The lowest BCUT2D eigenvalue weighted by Gasteiger charge is -2.05. The van der Waals surface area contributed by atoms with Crippen LogP contribution in [0.2, 0.25) is 4.34 Å². The van der Waals surface area contributed by atoms with Crippen LogP contribution in [0.15, 0.2) is 18.5 Å². The SMILES string of the molecule is Cc1nc(C#Cc2ccc(Cl)s2)nc2c1ncn2[C@H]1C(C)(O)C12CC2. The largest absolute Gasteiger partial charge is 0.387 e. The number of rotatable bonds is 1. The van der Waals surface area contributed by atoms with Crippen molar-refractivity contribution in [2.24, 2.45) is 5.41 Å². The molecule has 0 bridgehead atoms. The van der Waals surface area contributed by atoms with E-state index in [-0.39, 0.29) is 11.5 Å². The Bertz CT molecular complexity index is 1080. The molecule has 2 saturated carbocycles. The maximum Gasteiger partial charge on any atom is 0.207 e. The van der Waals surface area contributed by atoms with Crippen molar-refractivity contribution in [3.63, 3.8) is 0 Å². The molecule has 2 fully saturated rings. The van der Waals surface area contributed by atoms with E-state index in [1.165, 1.54) is 11.3 Å². The zero-order chi connectivity index (χ0) is 17.4. The van der Waals surface area contributed by atoms with Gasteiger partial charge >= 0.3 is 0 Å². The van der Waals surface area contributed by atoms with E-state index in [4.69, 9.17) is 11.6 Å². The van der Waals surface area contributed by atoms with E-state index in [1.807, 2.05) is 30.5 Å². The van der Waals surface area contributed by atoms with E-state index in [0.717, 1.165) is 34.6 Å². The number of hydrogen-bond donors (Lipinski definition) is 1. The van der Waals surface area contributed by atoms with Gasteiger partial charge in [-0.15, -0.1) is 11.3 Å². The van der Waals surface area contributed by atoms with Crippen molar-refractivity contribution in [2.45, 2.75) is 38.3 Å². The zero-order valence-corrected chi connectivity index (χ0v) is 15.3. The molecule has 2 aliphatic rings. The van der Waals surface area contributed by atoms with E-state index in [0.29, 0.717) is 10.2 Å². The summed E-state index contributed by atoms with van der Waals surface area (Å²) in [6.07, 6.45) is 3.88. The summed E-state index contributed by atoms with van der Waals surface area (Å²) in [6, 6.07) is 3.75. The van der Waals surface area contributed by atoms with Gasteiger partial charge in [-0.1, -0.05) is 11.6 Å². The second-order valence-electron chi connectivity index (χ2n) is 7.02. The van der Waals surface area contributed by atoms with Crippen molar-refractivity contribution < 1.29 is 5.11 Å². The van der Waals surface area contributed by atoms with Crippen LogP contribution in [0.25, 0.3) is 11.2 Å². The Morgan fingerprint density at radius 3 is 2.76 bits per heavy atom. The number of thiophene rings is 1. The fourth-order valence-corrected chi connectivity index (χ4v) is 4.87. The van der Waals surface area contributed by atoms with Crippen LogP contribution in [0.3, 0.4) is 0 Å². The summed E-state index contributed by atoms with van der Waals surface area (Å²) in [5.74, 6) is 6.53. The Labute approximate surface area is 153 Å². The Morgan fingerprint density at radius 1 is 1.32 bits per heavy atom. The molecule has 1 unspecified atom stereocenters. The van der Waals surface area contributed by atoms with Crippen LogP contribution >= 0.6 is 22.9 Å². The standard InChI is InChI=1S/C18H15ClN4OS/c1-10-14-15(22-13(21-10)6-4-11-3-5-12(19)25-11)23(9-20-14)16-17(2,24)18(16)7-8-18/h3,5,9,16,24H,7-8H2,1-2H3/t16-,17?/m0/s1. The first-order valence-electron chi connectivity index (χ1n) is 8.13. The highest BCUT2D eigenvalue weighted by molar-refractivity contribution is 7.16. The molecule has 7 heteroatoms. The summed E-state index contributed by atoms with van der Waals surface area (Å²) in [4.78, 5) is 14.4. The van der Waals surface area contributed by atoms with Crippen LogP contribution in [-0.2, 0) is 0 Å². The van der Waals surface area contributed by atoms with E-state index in [9.17, 15) is 5.11 Å². The maximum atomic E-state index is 10.7. The topological polar surface area (TPSA) is 63.8 Å². The predicted octanol–water partition coefficient (Wildman–Crippen LogP) is 3.34. The summed E-state index contributed by atoms with van der Waals surface area (Å²) >= 11 is 7.36. The van der Waals surface area contributed by atoms with Gasteiger partial charge in [-0.05, 0) is 50.7 Å². The highest BCUT2D eigenvalue weighted by Crippen LogP contribution is 2.79. The molecule has 126 valence electrons. The summed E-state index contributed by atoms with van der Waals surface area (Å²) in [6.45, 7) is 3.82. The van der Waals surface area contributed by atoms with Crippen molar-refractivity contribution in [2.75, 3.05) is 0 Å². The van der Waals surface area contributed by atoms with E-state index < -0.39 is 5.60 Å². The van der Waals surface area contributed by atoms with Crippen molar-refractivity contribution in [3.05, 3.63) is 39.2 Å². The Hall–Kier alpha value is -1.94. The summed E-state index contributed by atoms with van der Waals surface area (Å²) in [5.41, 5.74) is 1.64. The van der Waals surface area contributed by atoms with Crippen molar-refractivity contribution in [3.8, 4) is 11.8 Å². The molecule has 5 rings (SSSR count). The minimum Gasteiger partial charge on any atom is -0.387 e. The lowest BCUT2D eigenvalue weighted by Crippen LogP contribution is -2.09. The van der Waals surface area contributed by atoms with Crippen LogP contribution < -0.4 is 0 Å². The molecule has 0 aromatic carbocycles. The number of halogens is 1. The third-order valence-electron chi connectivity index (χ3n) is 5.51. The molecule has 0 amide bonds. The molecular weight excluding hydrogens is 356 g/mol. The third kappa shape index (κ3) is 2.10. The number of imidazole rings is 1. The van der Waals surface area contributed by atoms with Crippen LogP contribution in [-0.4, -0.2) is 30.2 Å². The molecule has 3 heterocycles. The molecular formula is C18H15ClN4OS. The first-order valence-corrected chi connectivity index (χ1v) is 9.33. The van der Waals surface area contributed by atoms with Gasteiger partial charge in [-0.2, -0.15) is 0 Å². The maximum absolute atomic E-state index is 10.7. The van der Waals surface area contributed by atoms with Crippen LogP contribution in [0.4, 0.5) is 0 Å². The summed E-state index contributed by atoms with van der Waals surface area (Å²) in [5, 5.41) is 10.7. The Kier molecular flexibility index (Phi) is 2.95. The van der Waals surface area contributed by atoms with Gasteiger partial charge in [0.15, 0.2) is 5.65 Å². The second kappa shape index (κ2) is 4.82. The predicted molar refractivity (Wildman–Crippen MR) is 96.7 cm³/mol. The zero-order valence-electron chi connectivity index (χ0n) is 13.7. The molecule has 2 aliphatic carbocycles. The second-order valence-corrected chi connectivity index (χ2v) is 8.73. The number of aryl methyl sites for hydroxylation is 1. The average molecular weight is 371 g/mol. The molecule has 3 aromatic heterocycles. The van der Waals surface area contributed by atoms with E-state index >= 15 is 0 Å². The normalized spacial score (nSPS) is 25.8. The van der Waals surface area contributed by atoms with Crippen molar-refractivity contribution in [1.82, 2.24) is 19.5 Å². The van der Waals surface area contributed by atoms with Crippen LogP contribution in [0, 0.1) is 24.2 Å². The fourth-order valence-electron chi connectivity index (χ4n) is 3.98. The molecule has 0 saturated heterocycles. The van der Waals surface area contributed by atoms with Gasteiger partial charge in [0.05, 0.1) is 32.9 Å². The molecule has 0 aliphatic heterocycles. The first-order chi connectivity index (χ1) is 11.9. The number of nitrogens with zero attached hydrogens (tertiary/aromatic N) is 4. The van der Waals surface area contributed by atoms with Gasteiger partial charge in [-0.3, -0.25) is 0 Å². The number of hydrogen-bond acceptors (Lipinski definition) is 5.